The maximum absolute atomic E-state index is 10.5. The van der Waals surface area contributed by atoms with Gasteiger partial charge in [0, 0.05) is 9.75 Å². The van der Waals surface area contributed by atoms with Gasteiger partial charge in [-0.15, -0.1) is 11.3 Å². The number of thiophene rings is 1. The van der Waals surface area contributed by atoms with E-state index in [0.717, 1.165) is 18.5 Å². The summed E-state index contributed by atoms with van der Waals surface area (Å²) in [6.07, 6.45) is 5.12. The third-order valence-electron chi connectivity index (χ3n) is 2.73. The molecule has 1 aromatic heterocycles. The van der Waals surface area contributed by atoms with Crippen LogP contribution >= 0.6 is 11.3 Å². The fourth-order valence-electron chi connectivity index (χ4n) is 2.06. The average molecular weight is 221 g/mol. The summed E-state index contributed by atoms with van der Waals surface area (Å²) in [4.78, 5) is 17.0. The number of nitrogens with zero attached hydrogens (tertiary/aromatic N) is 1. The van der Waals surface area contributed by atoms with E-state index in [-0.39, 0.29) is 5.41 Å². The van der Waals surface area contributed by atoms with Gasteiger partial charge >= 0.3 is 0 Å². The monoisotopic (exact) mass is 221 g/mol. The zero-order valence-electron chi connectivity index (χ0n) is 9.39. The number of fused-ring (bicyclic) bond motifs is 1. The van der Waals surface area contributed by atoms with Crippen molar-refractivity contribution < 1.29 is 4.79 Å². The van der Waals surface area contributed by atoms with Crippen LogP contribution in [0.25, 0.3) is 0 Å². The van der Waals surface area contributed by atoms with Gasteiger partial charge in [-0.3, -0.25) is 0 Å². The fraction of sp³-hybridized carbons (Fsp3) is 0.583. The van der Waals surface area contributed by atoms with Crippen LogP contribution in [0, 0.1) is 0 Å². The van der Waals surface area contributed by atoms with Gasteiger partial charge in [0.05, 0.1) is 5.69 Å². The number of rotatable bonds is 1. The quantitative estimate of drug-likeness (QED) is 0.527. The largest absolute Gasteiger partial charge is 0.240 e. The Bertz CT molecular complexity index is 433. The highest BCUT2D eigenvalue weighted by Crippen LogP contribution is 2.46. The van der Waals surface area contributed by atoms with E-state index in [9.17, 15) is 4.79 Å². The molecule has 0 saturated carbocycles. The molecule has 0 bridgehead atoms. The molecule has 2 rings (SSSR count). The minimum Gasteiger partial charge on any atom is -0.211 e. The second-order valence-corrected chi connectivity index (χ2v) is 6.09. The second-order valence-electron chi connectivity index (χ2n) is 4.99. The summed E-state index contributed by atoms with van der Waals surface area (Å²) < 4.78 is 0. The Labute approximate surface area is 94.0 Å². The van der Waals surface area contributed by atoms with E-state index in [2.05, 4.69) is 25.8 Å². The zero-order chi connectivity index (χ0) is 11.1. The normalized spacial score (nSPS) is 14.9. The summed E-state index contributed by atoms with van der Waals surface area (Å²) in [6.45, 7) is 6.49. The highest BCUT2D eigenvalue weighted by Gasteiger charge is 2.28. The smallest absolute Gasteiger partial charge is 0.211 e. The highest BCUT2D eigenvalue weighted by molar-refractivity contribution is 7.13. The van der Waals surface area contributed by atoms with Crippen LogP contribution < -0.4 is 0 Å². The highest BCUT2D eigenvalue weighted by atomic mass is 32.1. The Kier molecular flexibility index (Phi) is 2.53. The van der Waals surface area contributed by atoms with Crippen LogP contribution in [0.15, 0.2) is 4.99 Å². The van der Waals surface area contributed by atoms with E-state index in [4.69, 9.17) is 0 Å². The van der Waals surface area contributed by atoms with Gasteiger partial charge in [0.2, 0.25) is 6.08 Å². The molecular formula is C12H15NOS. The van der Waals surface area contributed by atoms with Crippen molar-refractivity contribution in [1.82, 2.24) is 0 Å². The van der Waals surface area contributed by atoms with Crippen molar-refractivity contribution in [3.63, 3.8) is 0 Å². The summed E-state index contributed by atoms with van der Waals surface area (Å²) >= 11 is 1.82. The van der Waals surface area contributed by atoms with Gasteiger partial charge in [0.1, 0.15) is 0 Å². The van der Waals surface area contributed by atoms with Crippen molar-refractivity contribution in [2.45, 2.75) is 45.4 Å². The Morgan fingerprint density at radius 2 is 2.07 bits per heavy atom. The van der Waals surface area contributed by atoms with Crippen LogP contribution in [0.2, 0.25) is 0 Å². The van der Waals surface area contributed by atoms with Crippen molar-refractivity contribution in [2.24, 2.45) is 4.99 Å². The molecule has 0 N–H and O–H groups in total. The third-order valence-corrected chi connectivity index (χ3v) is 4.44. The Hall–Kier alpha value is -0.920. The molecular weight excluding hydrogens is 206 g/mol. The summed E-state index contributed by atoms with van der Waals surface area (Å²) in [6, 6.07) is 0. The molecule has 2 nitrogen and oxygen atoms in total. The fourth-order valence-corrected chi connectivity index (χ4v) is 3.45. The molecule has 80 valence electrons. The molecule has 0 atom stereocenters. The van der Waals surface area contributed by atoms with Gasteiger partial charge in [0.15, 0.2) is 0 Å². The second kappa shape index (κ2) is 3.58. The number of aliphatic imine (C=N–C) groups is 1. The molecule has 0 saturated heterocycles. The molecule has 1 aliphatic carbocycles. The predicted molar refractivity (Wildman–Crippen MR) is 62.8 cm³/mol. The lowest BCUT2D eigenvalue weighted by Gasteiger charge is -2.17. The van der Waals surface area contributed by atoms with Crippen LogP contribution in [0.5, 0.6) is 0 Å². The van der Waals surface area contributed by atoms with Gasteiger partial charge in [-0.05, 0) is 30.2 Å². The molecule has 3 heteroatoms. The van der Waals surface area contributed by atoms with E-state index in [1.54, 1.807) is 6.08 Å². The molecule has 1 heterocycles. The summed E-state index contributed by atoms with van der Waals surface area (Å²) in [7, 11) is 0. The van der Waals surface area contributed by atoms with Crippen LogP contribution in [0.3, 0.4) is 0 Å². The maximum Gasteiger partial charge on any atom is 0.240 e. The molecule has 0 fully saturated rings. The molecule has 1 aliphatic rings. The van der Waals surface area contributed by atoms with Gasteiger partial charge in [-0.25, -0.2) is 4.79 Å². The van der Waals surface area contributed by atoms with E-state index >= 15 is 0 Å². The lowest BCUT2D eigenvalue weighted by molar-refractivity contribution is 0.564. The first-order chi connectivity index (χ1) is 7.04. The van der Waals surface area contributed by atoms with Crippen molar-refractivity contribution >= 4 is 23.1 Å². The van der Waals surface area contributed by atoms with Crippen molar-refractivity contribution in [2.75, 3.05) is 0 Å². The van der Waals surface area contributed by atoms with Crippen LogP contribution in [0.1, 0.15) is 42.5 Å². The SMILES string of the molecule is CC(C)(C)c1sc2c(c1N=C=O)CCC2. The molecule has 0 unspecified atom stereocenters. The molecule has 0 spiro atoms. The Balaban J connectivity index is 2.61. The molecule has 0 amide bonds. The van der Waals surface area contributed by atoms with Crippen molar-refractivity contribution in [3.05, 3.63) is 15.3 Å². The van der Waals surface area contributed by atoms with Gasteiger partial charge in [0.25, 0.3) is 0 Å². The predicted octanol–water partition coefficient (Wildman–Crippen LogP) is 3.50. The number of aryl methyl sites for hydroxylation is 1. The third kappa shape index (κ3) is 1.77. The van der Waals surface area contributed by atoms with E-state index in [1.807, 2.05) is 11.3 Å². The lowest BCUT2D eigenvalue weighted by Crippen LogP contribution is -2.08. The standard InChI is InChI=1S/C12H15NOS/c1-12(2,3)11-10(13-7-14)8-5-4-6-9(8)15-11/h4-6H2,1-3H3. The molecule has 0 aliphatic heterocycles. The number of hydrogen-bond acceptors (Lipinski definition) is 3. The Morgan fingerprint density at radius 3 is 2.67 bits per heavy atom. The van der Waals surface area contributed by atoms with Crippen molar-refractivity contribution in [3.8, 4) is 0 Å². The van der Waals surface area contributed by atoms with Crippen molar-refractivity contribution in [1.29, 1.82) is 0 Å². The Morgan fingerprint density at radius 1 is 1.33 bits per heavy atom. The zero-order valence-corrected chi connectivity index (χ0v) is 10.2. The van der Waals surface area contributed by atoms with Crippen LogP contribution in [-0.4, -0.2) is 6.08 Å². The lowest BCUT2D eigenvalue weighted by atomic mass is 9.92. The summed E-state index contributed by atoms with van der Waals surface area (Å²) in [5.41, 5.74) is 2.29. The van der Waals surface area contributed by atoms with Gasteiger partial charge in [-0.1, -0.05) is 20.8 Å². The molecule has 15 heavy (non-hydrogen) atoms. The molecule has 0 radical (unpaired) electrons. The molecule has 1 aromatic rings. The van der Waals surface area contributed by atoms with E-state index in [0.29, 0.717) is 0 Å². The van der Waals surface area contributed by atoms with E-state index in [1.165, 1.54) is 21.7 Å². The van der Waals surface area contributed by atoms with Crippen LogP contribution in [0.4, 0.5) is 5.69 Å². The molecule has 0 aromatic carbocycles. The van der Waals surface area contributed by atoms with Gasteiger partial charge < -0.3 is 0 Å². The number of hydrogen-bond donors (Lipinski definition) is 0. The van der Waals surface area contributed by atoms with Crippen LogP contribution in [-0.2, 0) is 23.1 Å². The van der Waals surface area contributed by atoms with Gasteiger partial charge in [-0.2, -0.15) is 4.99 Å². The minimum atomic E-state index is 0.0741. The first-order valence-electron chi connectivity index (χ1n) is 5.27. The first kappa shape index (κ1) is 10.6. The number of isocyanates is 1. The van der Waals surface area contributed by atoms with E-state index < -0.39 is 0 Å². The summed E-state index contributed by atoms with van der Waals surface area (Å²) in [5, 5.41) is 0. The minimum absolute atomic E-state index is 0.0741. The topological polar surface area (TPSA) is 29.4 Å². The summed E-state index contributed by atoms with van der Waals surface area (Å²) in [5.74, 6) is 0. The first-order valence-corrected chi connectivity index (χ1v) is 6.08. The average Bonchev–Trinajstić information content (AvgIpc) is 2.65. The number of carbonyl (C=O) groups excluding carboxylic acids is 1. The maximum atomic E-state index is 10.5.